The molecule has 80 heavy (non-hydrogen) atoms. The molecule has 8 aromatic carbocycles. The average molecular weight is 1070 g/mol. The van der Waals surface area contributed by atoms with Crippen molar-refractivity contribution in [3.05, 3.63) is 170 Å². The minimum absolute atomic E-state index is 0. The third-order valence-electron chi connectivity index (χ3n) is 12.3. The summed E-state index contributed by atoms with van der Waals surface area (Å²) in [4.78, 5) is 15.6. The van der Waals surface area contributed by atoms with Crippen molar-refractivity contribution in [1.29, 1.82) is 0 Å². The predicted molar refractivity (Wildman–Crippen MR) is 286 cm³/mol. The Morgan fingerprint density at radius 2 is 0.875 bits per heavy atom. The number of anilines is 5. The van der Waals surface area contributed by atoms with Gasteiger partial charge in [-0.05, 0) is 128 Å². The van der Waals surface area contributed by atoms with Crippen LogP contribution in [0.2, 0.25) is 0 Å². The van der Waals surface area contributed by atoms with E-state index in [0.29, 0.717) is 57.4 Å². The molecule has 380 valence electrons. The maximum Gasteiger partial charge on any atom is 1.00 e. The Morgan fingerprint density at radius 3 is 1.36 bits per heavy atom. The van der Waals surface area contributed by atoms with Crippen LogP contribution in [0.1, 0.15) is 32.1 Å². The fraction of sp³-hybridized carbons (Fsp3) is 0.130. The van der Waals surface area contributed by atoms with Crippen LogP contribution in [0.3, 0.4) is 0 Å². The summed E-state index contributed by atoms with van der Waals surface area (Å²) < 4.78 is 70.0. The Balaban J connectivity index is 0.00000258. The summed E-state index contributed by atoms with van der Waals surface area (Å²) in [5.74, 6) is 1.14. The number of nitrogens with zero attached hydrogens (tertiary/aromatic N) is 12. The first-order valence-corrected chi connectivity index (χ1v) is 26.5. The van der Waals surface area contributed by atoms with E-state index in [1.165, 1.54) is 42.8 Å². The summed E-state index contributed by atoms with van der Waals surface area (Å²) in [6, 6.07) is 49.1. The zero-order valence-corrected chi connectivity index (χ0v) is 45.9. The summed E-state index contributed by atoms with van der Waals surface area (Å²) >= 11 is 0. The van der Waals surface area contributed by atoms with Crippen molar-refractivity contribution in [1.82, 2.24) is 15.0 Å². The van der Waals surface area contributed by atoms with E-state index in [-0.39, 0.29) is 98.2 Å². The van der Waals surface area contributed by atoms with Gasteiger partial charge in [-0.15, -0.1) is 22.4 Å². The second-order valence-corrected chi connectivity index (χ2v) is 20.1. The van der Waals surface area contributed by atoms with Crippen molar-refractivity contribution in [2.75, 3.05) is 22.6 Å². The average Bonchev–Trinajstić information content (AvgIpc) is 3.45. The van der Waals surface area contributed by atoms with Crippen LogP contribution in [0.15, 0.2) is 208 Å². The summed E-state index contributed by atoms with van der Waals surface area (Å²) in [6.07, 6.45) is 5.51. The fourth-order valence-electron chi connectivity index (χ4n) is 8.32. The first-order chi connectivity index (χ1) is 36.8. The first-order valence-electron chi connectivity index (χ1n) is 23.7. The monoisotopic (exact) mass is 1070 g/mol. The molecular formula is C54H42Li4N14O6S2. The third-order valence-corrected chi connectivity index (χ3v) is 14.0. The van der Waals surface area contributed by atoms with Crippen molar-refractivity contribution in [3.8, 4) is 0 Å². The van der Waals surface area contributed by atoms with Crippen LogP contribution >= 0.6 is 0 Å². The summed E-state index contributed by atoms with van der Waals surface area (Å²) in [5, 5.41) is 44.1. The Hall–Kier alpha value is -6.70. The van der Waals surface area contributed by atoms with Gasteiger partial charge in [-0.1, -0.05) is 36.1 Å². The van der Waals surface area contributed by atoms with Crippen LogP contribution in [0.4, 0.5) is 74.7 Å². The van der Waals surface area contributed by atoms with Gasteiger partial charge in [0.1, 0.15) is 20.2 Å². The van der Waals surface area contributed by atoms with E-state index in [2.05, 4.69) is 68.6 Å². The van der Waals surface area contributed by atoms with Gasteiger partial charge in [0.15, 0.2) is 0 Å². The predicted octanol–water partition coefficient (Wildman–Crippen LogP) is 2.52. The van der Waals surface area contributed by atoms with E-state index >= 15 is 0 Å². The molecule has 1 aromatic heterocycles. The molecule has 0 unspecified atom stereocenters. The Kier molecular flexibility index (Phi) is 22.0. The number of aromatic nitrogens is 3. The number of azo groups is 4. The standard InChI is InChI=1S/C54H44N14O6S2.4Li/c1-68(41-12-6-3-7-13-41)54-58-52(55-35-16-20-38(21-17-35)61-65-49-31-30-48(44-14-8-9-15-45(44)49)64-60-37-10-4-2-5-11-37)57-53(59-54)56-36-18-22-39(23-19-36)62-66-50-32-33-51(47-34-43(76(72,73)74)28-29-46(47)50)67-63-40-24-26-42(27-25-40)75(69,70)71;;;;/h4-5,9-11,14-34,41H,3,6-7,12-13H2,1H3,(H,69,70,71)(H,72,73,74)(H2,55,56,57,58,59);;;;/q-2;4*+1/p-2. The molecule has 20 nitrogen and oxygen atoms in total. The second kappa shape index (κ2) is 28.1. The van der Waals surface area contributed by atoms with Crippen LogP contribution in [0.5, 0.6) is 0 Å². The zero-order chi connectivity index (χ0) is 52.7. The largest absolute Gasteiger partial charge is 1.00 e. The van der Waals surface area contributed by atoms with E-state index in [4.69, 9.17) is 15.0 Å². The van der Waals surface area contributed by atoms with E-state index in [9.17, 15) is 25.9 Å². The van der Waals surface area contributed by atoms with Crippen molar-refractivity contribution < 1.29 is 101 Å². The van der Waals surface area contributed by atoms with Gasteiger partial charge in [-0.2, -0.15) is 88.1 Å². The van der Waals surface area contributed by atoms with Gasteiger partial charge in [-0.3, -0.25) is 0 Å². The van der Waals surface area contributed by atoms with Gasteiger partial charge in [-0.25, -0.2) is 16.8 Å². The van der Waals surface area contributed by atoms with Gasteiger partial charge < -0.3 is 24.6 Å². The Bertz CT molecular complexity index is 3960. The van der Waals surface area contributed by atoms with Crippen LogP contribution in [-0.2, 0) is 20.2 Å². The van der Waals surface area contributed by atoms with Gasteiger partial charge in [0.2, 0.25) is 17.8 Å². The molecule has 1 heterocycles. The minimum Gasteiger partial charge on any atom is -0.744 e. The van der Waals surface area contributed by atoms with E-state index in [1.54, 1.807) is 42.5 Å². The fourth-order valence-corrected chi connectivity index (χ4v) is 9.29. The van der Waals surface area contributed by atoms with Crippen LogP contribution in [0.25, 0.3) is 21.5 Å². The van der Waals surface area contributed by atoms with E-state index < -0.39 is 30.0 Å². The molecule has 9 aromatic rings. The smallest absolute Gasteiger partial charge is 0.744 e. The zero-order valence-electron chi connectivity index (χ0n) is 44.3. The minimum atomic E-state index is -4.84. The van der Waals surface area contributed by atoms with Crippen molar-refractivity contribution in [2.24, 2.45) is 40.9 Å². The summed E-state index contributed by atoms with van der Waals surface area (Å²) in [7, 11) is -7.50. The summed E-state index contributed by atoms with van der Waals surface area (Å²) in [5.41, 5.74) is 5.31. The SMILES string of the molecule is CN(c1nc(Nc2ccc(N=Nc3ccc(N=Nc4cc[c-]cc4)c4c[c-]ccc34)cc2)nc(Nc2ccc(N=Nc3ccc(N=Nc4ccc(S(=O)(=O)[O-])cc4)c4cc(S(=O)(=O)[O-])ccc34)cc2)n1)C1CCCCC1.[Li+].[Li+].[Li+].[Li+]. The number of nitrogens with one attached hydrogen (secondary N) is 2. The van der Waals surface area contributed by atoms with Gasteiger partial charge >= 0.3 is 75.4 Å². The maximum absolute atomic E-state index is 12.0. The number of benzene rings is 8. The van der Waals surface area contributed by atoms with Crippen molar-refractivity contribution >= 4 is 117 Å². The quantitative estimate of drug-likeness (QED) is 0.0612. The number of hydrogen-bond donors (Lipinski definition) is 2. The second-order valence-electron chi connectivity index (χ2n) is 17.4. The van der Waals surface area contributed by atoms with Gasteiger partial charge in [0.05, 0.1) is 43.9 Å². The number of fused-ring (bicyclic) bond motifs is 2. The Morgan fingerprint density at radius 1 is 0.463 bits per heavy atom. The molecule has 1 fully saturated rings. The van der Waals surface area contributed by atoms with Crippen molar-refractivity contribution in [3.63, 3.8) is 0 Å². The van der Waals surface area contributed by atoms with Crippen LogP contribution < -0.4 is 91.0 Å². The number of rotatable bonds is 16. The third kappa shape index (κ3) is 15.8. The molecule has 0 aliphatic heterocycles. The van der Waals surface area contributed by atoms with Crippen LogP contribution in [-0.4, -0.2) is 54.0 Å². The maximum atomic E-state index is 12.0. The van der Waals surface area contributed by atoms with Crippen molar-refractivity contribution in [2.45, 2.75) is 47.9 Å². The molecule has 26 heteroatoms. The van der Waals surface area contributed by atoms with Gasteiger partial charge in [0.25, 0.3) is 0 Å². The van der Waals surface area contributed by atoms with Crippen LogP contribution in [0, 0.1) is 12.1 Å². The molecular weight excluding hydrogens is 1030 g/mol. The normalized spacial score (nSPS) is 13.0. The topological polar surface area (TPSA) is 279 Å². The Labute approximate surface area is 509 Å². The molecule has 10 rings (SSSR count). The molecule has 0 saturated heterocycles. The first kappa shape index (κ1) is 62.5. The molecule has 2 N–H and O–H groups in total. The molecule has 0 radical (unpaired) electrons. The number of hydrogen-bond acceptors (Lipinski definition) is 20. The molecule has 0 amide bonds. The van der Waals surface area contributed by atoms with E-state index in [1.807, 2.05) is 73.8 Å². The molecule has 1 saturated carbocycles. The molecule has 1 aliphatic rings. The van der Waals surface area contributed by atoms with E-state index in [0.717, 1.165) is 60.0 Å². The summed E-state index contributed by atoms with van der Waals surface area (Å²) in [6.45, 7) is 0. The molecule has 1 aliphatic carbocycles. The van der Waals surface area contributed by atoms with Gasteiger partial charge in [0, 0.05) is 40.9 Å². The molecule has 0 spiro atoms. The molecule has 0 atom stereocenters. The molecule has 0 bridgehead atoms.